The molecule has 1 N–H and O–H groups in total. The number of aryl methyl sites for hydroxylation is 1. The van der Waals surface area contributed by atoms with Crippen molar-refractivity contribution < 1.29 is 4.74 Å². The van der Waals surface area contributed by atoms with Gasteiger partial charge in [0.05, 0.1) is 18.2 Å². The van der Waals surface area contributed by atoms with Crippen LogP contribution in [0.15, 0.2) is 11.4 Å². The fourth-order valence-corrected chi connectivity index (χ4v) is 3.36. The minimum absolute atomic E-state index is 0.00817. The van der Waals surface area contributed by atoms with E-state index in [9.17, 15) is 0 Å². The summed E-state index contributed by atoms with van der Waals surface area (Å²) in [4.78, 5) is 1.38. The van der Waals surface area contributed by atoms with Crippen molar-refractivity contribution in [1.29, 1.82) is 0 Å². The first-order valence-corrected chi connectivity index (χ1v) is 7.02. The van der Waals surface area contributed by atoms with E-state index in [1.807, 2.05) is 11.3 Å². The van der Waals surface area contributed by atoms with Gasteiger partial charge in [-0.25, -0.2) is 0 Å². The predicted molar refractivity (Wildman–Crippen MR) is 69.1 cm³/mol. The quantitative estimate of drug-likeness (QED) is 0.874. The van der Waals surface area contributed by atoms with Crippen molar-refractivity contribution in [2.75, 3.05) is 13.2 Å². The number of hydrogen-bond acceptors (Lipinski definition) is 3. The zero-order valence-electron chi connectivity index (χ0n) is 10.4. The topological polar surface area (TPSA) is 21.3 Å². The van der Waals surface area contributed by atoms with Gasteiger partial charge in [0.25, 0.3) is 0 Å². The zero-order valence-corrected chi connectivity index (χ0v) is 11.2. The number of nitrogens with one attached hydrogen (secondary N) is 1. The highest BCUT2D eigenvalue weighted by Crippen LogP contribution is 2.38. The van der Waals surface area contributed by atoms with Crippen LogP contribution in [0.1, 0.15) is 43.2 Å². The summed E-state index contributed by atoms with van der Waals surface area (Å²) in [5.74, 6) is 0. The van der Waals surface area contributed by atoms with Crippen LogP contribution in [0.3, 0.4) is 0 Å². The molecule has 2 nitrogen and oxygen atoms in total. The lowest BCUT2D eigenvalue weighted by atomic mass is 9.83. The molecule has 1 unspecified atom stereocenters. The molecule has 3 heteroatoms. The summed E-state index contributed by atoms with van der Waals surface area (Å²) in [6.07, 6.45) is 2.13. The third-order valence-corrected chi connectivity index (χ3v) is 4.53. The lowest BCUT2D eigenvalue weighted by molar-refractivity contribution is -0.103. The summed E-state index contributed by atoms with van der Waals surface area (Å²) >= 11 is 1.82. The summed E-state index contributed by atoms with van der Waals surface area (Å²) in [6.45, 7) is 8.41. The van der Waals surface area contributed by atoms with E-state index in [0.717, 1.165) is 26.0 Å². The van der Waals surface area contributed by atoms with Crippen LogP contribution in [0.2, 0.25) is 0 Å². The van der Waals surface area contributed by atoms with Gasteiger partial charge >= 0.3 is 0 Å². The van der Waals surface area contributed by atoms with Gasteiger partial charge in [-0.15, -0.1) is 11.3 Å². The summed E-state index contributed by atoms with van der Waals surface area (Å²) in [7, 11) is 0. The largest absolute Gasteiger partial charge is 0.372 e. The highest BCUT2D eigenvalue weighted by atomic mass is 32.1. The normalized spacial score (nSPS) is 24.6. The van der Waals surface area contributed by atoms with Crippen molar-refractivity contribution in [3.63, 3.8) is 0 Å². The fourth-order valence-electron chi connectivity index (χ4n) is 2.63. The van der Waals surface area contributed by atoms with Crippen LogP contribution in [0.25, 0.3) is 0 Å². The minimum atomic E-state index is -0.00817. The molecule has 2 heterocycles. The Morgan fingerprint density at radius 1 is 1.50 bits per heavy atom. The van der Waals surface area contributed by atoms with Crippen LogP contribution in [-0.2, 0) is 4.74 Å². The van der Waals surface area contributed by atoms with E-state index in [0.29, 0.717) is 6.04 Å². The maximum atomic E-state index is 6.08. The van der Waals surface area contributed by atoms with Crippen molar-refractivity contribution in [3.05, 3.63) is 21.9 Å². The van der Waals surface area contributed by atoms with E-state index in [1.54, 1.807) is 0 Å². The monoisotopic (exact) mass is 239 g/mol. The Morgan fingerprint density at radius 3 is 2.81 bits per heavy atom. The van der Waals surface area contributed by atoms with Gasteiger partial charge in [-0.05, 0) is 36.8 Å². The predicted octanol–water partition coefficient (Wildman–Crippen LogP) is 3.28. The summed E-state index contributed by atoms with van der Waals surface area (Å²) in [5, 5.41) is 5.89. The average molecular weight is 239 g/mol. The Labute approximate surface area is 102 Å². The van der Waals surface area contributed by atoms with E-state index in [-0.39, 0.29) is 5.60 Å². The first-order chi connectivity index (χ1) is 7.72. The fraction of sp³-hybridized carbons (Fsp3) is 0.692. The maximum Gasteiger partial charge on any atom is 0.0872 e. The van der Waals surface area contributed by atoms with Crippen molar-refractivity contribution in [1.82, 2.24) is 5.32 Å². The molecule has 0 bridgehead atoms. The molecule has 2 rings (SSSR count). The standard InChI is InChI=1S/C13H21NOS/c1-4-13(5-2)12(14-6-7-15-13)11-8-10(3)16-9-11/h8-9,12,14H,4-7H2,1-3H3. The minimum Gasteiger partial charge on any atom is -0.372 e. The summed E-state index contributed by atoms with van der Waals surface area (Å²) in [5.41, 5.74) is 1.39. The van der Waals surface area contributed by atoms with Crippen molar-refractivity contribution in [2.45, 2.75) is 45.3 Å². The second-order valence-corrected chi connectivity index (χ2v) is 5.61. The maximum absolute atomic E-state index is 6.08. The highest BCUT2D eigenvalue weighted by molar-refractivity contribution is 7.10. The molecule has 0 amide bonds. The average Bonchev–Trinajstić information content (AvgIpc) is 2.75. The molecule has 1 aliphatic heterocycles. The van der Waals surface area contributed by atoms with Crippen molar-refractivity contribution in [2.24, 2.45) is 0 Å². The Bertz CT molecular complexity index is 343. The SMILES string of the molecule is CCC1(CC)OCCNC1c1csc(C)c1. The molecule has 1 atom stereocenters. The van der Waals surface area contributed by atoms with Crippen molar-refractivity contribution in [3.8, 4) is 0 Å². The lowest BCUT2D eigenvalue weighted by Crippen LogP contribution is -2.51. The third kappa shape index (κ3) is 2.04. The molecule has 0 radical (unpaired) electrons. The molecule has 0 aliphatic carbocycles. The molecule has 1 aliphatic rings. The zero-order chi connectivity index (χ0) is 11.6. The van der Waals surface area contributed by atoms with Gasteiger partial charge in [0.1, 0.15) is 0 Å². The van der Waals surface area contributed by atoms with E-state index in [2.05, 4.69) is 37.5 Å². The van der Waals surface area contributed by atoms with Gasteiger partial charge in [-0.3, -0.25) is 0 Å². The number of rotatable bonds is 3. The molecule has 1 aromatic rings. The molecule has 0 aromatic carbocycles. The first-order valence-electron chi connectivity index (χ1n) is 6.14. The van der Waals surface area contributed by atoms with E-state index in [1.165, 1.54) is 10.4 Å². The second kappa shape index (κ2) is 4.86. The van der Waals surface area contributed by atoms with Gasteiger partial charge in [-0.2, -0.15) is 0 Å². The molecule has 90 valence electrons. The molecule has 1 fully saturated rings. The van der Waals surface area contributed by atoms with Crippen LogP contribution in [-0.4, -0.2) is 18.8 Å². The molecular formula is C13H21NOS. The lowest BCUT2D eigenvalue weighted by Gasteiger charge is -2.43. The summed E-state index contributed by atoms with van der Waals surface area (Å²) < 4.78 is 6.08. The molecule has 0 saturated carbocycles. The van der Waals surface area contributed by atoms with Crippen LogP contribution in [0, 0.1) is 6.92 Å². The Hall–Kier alpha value is -0.380. The number of ether oxygens (including phenoxy) is 1. The molecule has 16 heavy (non-hydrogen) atoms. The van der Waals surface area contributed by atoms with E-state index < -0.39 is 0 Å². The Morgan fingerprint density at radius 2 is 2.25 bits per heavy atom. The van der Waals surface area contributed by atoms with Crippen LogP contribution >= 0.6 is 11.3 Å². The van der Waals surface area contributed by atoms with Crippen LogP contribution in [0.5, 0.6) is 0 Å². The Balaban J connectivity index is 2.29. The molecule has 0 spiro atoms. The molecule has 1 aromatic heterocycles. The second-order valence-electron chi connectivity index (χ2n) is 4.50. The number of hydrogen-bond donors (Lipinski definition) is 1. The Kier molecular flexibility index (Phi) is 3.67. The van der Waals surface area contributed by atoms with Gasteiger partial charge in [0.15, 0.2) is 0 Å². The van der Waals surface area contributed by atoms with Crippen molar-refractivity contribution >= 4 is 11.3 Å². The highest BCUT2D eigenvalue weighted by Gasteiger charge is 2.40. The van der Waals surface area contributed by atoms with Crippen LogP contribution < -0.4 is 5.32 Å². The van der Waals surface area contributed by atoms with Crippen LogP contribution in [0.4, 0.5) is 0 Å². The third-order valence-electron chi connectivity index (χ3n) is 3.65. The van der Waals surface area contributed by atoms with Gasteiger partial charge in [0.2, 0.25) is 0 Å². The van der Waals surface area contributed by atoms with Gasteiger partial charge in [-0.1, -0.05) is 13.8 Å². The first kappa shape index (κ1) is 12.1. The molecular weight excluding hydrogens is 218 g/mol. The molecule has 1 saturated heterocycles. The van der Waals surface area contributed by atoms with Gasteiger partial charge < -0.3 is 10.1 Å². The summed E-state index contributed by atoms with van der Waals surface area (Å²) in [6, 6.07) is 2.65. The number of morpholine rings is 1. The van der Waals surface area contributed by atoms with E-state index >= 15 is 0 Å². The number of thiophene rings is 1. The van der Waals surface area contributed by atoms with E-state index in [4.69, 9.17) is 4.74 Å². The van der Waals surface area contributed by atoms with Gasteiger partial charge in [0, 0.05) is 11.4 Å². The smallest absolute Gasteiger partial charge is 0.0872 e.